The SMILES string of the molecule is O=C(NC1c2ccccc2-c2c(-c3cnc4ccccc4c3)cccc21)c1c(Br)cnc2[nH]cnc12. The van der Waals surface area contributed by atoms with Gasteiger partial charge in [0.15, 0.2) is 5.65 Å². The van der Waals surface area contributed by atoms with Crippen LogP contribution < -0.4 is 5.32 Å². The van der Waals surface area contributed by atoms with E-state index in [4.69, 9.17) is 0 Å². The van der Waals surface area contributed by atoms with Crippen LogP contribution in [-0.2, 0) is 0 Å². The maximum atomic E-state index is 13.6. The summed E-state index contributed by atoms with van der Waals surface area (Å²) in [4.78, 5) is 29.9. The third-order valence-corrected chi connectivity index (χ3v) is 7.36. The molecule has 3 aromatic heterocycles. The first kappa shape index (κ1) is 21.0. The van der Waals surface area contributed by atoms with Crippen molar-refractivity contribution in [1.82, 2.24) is 25.3 Å². The molecular formula is C29H18BrN5O. The summed E-state index contributed by atoms with van der Waals surface area (Å²) in [7, 11) is 0. The molecule has 7 heteroatoms. The van der Waals surface area contributed by atoms with Gasteiger partial charge in [-0.3, -0.25) is 9.78 Å². The van der Waals surface area contributed by atoms with Crippen molar-refractivity contribution in [3.05, 3.63) is 113 Å². The molecule has 6 nitrogen and oxygen atoms in total. The zero-order valence-corrected chi connectivity index (χ0v) is 20.5. The Balaban J connectivity index is 1.37. The van der Waals surface area contributed by atoms with Crippen molar-refractivity contribution < 1.29 is 4.79 Å². The first-order chi connectivity index (χ1) is 17.7. The zero-order chi connectivity index (χ0) is 24.2. The molecule has 0 fully saturated rings. The van der Waals surface area contributed by atoms with E-state index in [2.05, 4.69) is 77.6 Å². The number of nitrogens with one attached hydrogen (secondary N) is 2. The van der Waals surface area contributed by atoms with Crippen molar-refractivity contribution >= 4 is 43.9 Å². The van der Waals surface area contributed by atoms with Crippen molar-refractivity contribution in [2.24, 2.45) is 0 Å². The second kappa shape index (κ2) is 8.10. The second-order valence-electron chi connectivity index (χ2n) is 8.76. The Morgan fingerprint density at radius 1 is 0.861 bits per heavy atom. The minimum absolute atomic E-state index is 0.216. The van der Waals surface area contributed by atoms with Crippen LogP contribution in [0.3, 0.4) is 0 Å². The Kier molecular flexibility index (Phi) is 4.72. The van der Waals surface area contributed by atoms with Crippen LogP contribution in [0.4, 0.5) is 0 Å². The summed E-state index contributed by atoms with van der Waals surface area (Å²) < 4.78 is 0.599. The molecule has 0 bridgehead atoms. The molecule has 172 valence electrons. The molecule has 1 aliphatic carbocycles. The van der Waals surface area contributed by atoms with Gasteiger partial charge in [-0.1, -0.05) is 60.7 Å². The highest BCUT2D eigenvalue weighted by Crippen LogP contribution is 2.48. The number of fused-ring (bicyclic) bond motifs is 5. The Morgan fingerprint density at radius 2 is 1.67 bits per heavy atom. The second-order valence-corrected chi connectivity index (χ2v) is 9.62. The molecule has 7 rings (SSSR count). The van der Waals surface area contributed by atoms with Crippen LogP contribution in [-0.4, -0.2) is 25.8 Å². The fourth-order valence-electron chi connectivity index (χ4n) is 5.16. The van der Waals surface area contributed by atoms with Gasteiger partial charge in [-0.15, -0.1) is 0 Å². The van der Waals surface area contributed by atoms with Crippen LogP contribution in [0.25, 0.3) is 44.3 Å². The van der Waals surface area contributed by atoms with Crippen molar-refractivity contribution in [3.8, 4) is 22.3 Å². The lowest BCUT2D eigenvalue weighted by Gasteiger charge is -2.17. The molecule has 1 amide bonds. The standard InChI is InChI=1S/C29H18BrN5O/c30-22-14-32-28-27(33-15-34-28)25(22)29(36)35-26-20-8-3-2-7-19(20)24-18(9-5-10-21(24)26)17-12-16-6-1-4-11-23(16)31-13-17/h1-15,26H,(H,35,36)(H,32,33,34). The number of para-hydroxylation sites is 1. The molecule has 3 heterocycles. The minimum atomic E-state index is -0.300. The number of H-pyrrole nitrogens is 1. The molecule has 3 aromatic carbocycles. The molecule has 0 spiro atoms. The number of hydrogen-bond acceptors (Lipinski definition) is 4. The smallest absolute Gasteiger partial charge is 0.255 e. The molecule has 6 aromatic rings. The molecule has 0 saturated carbocycles. The predicted octanol–water partition coefficient (Wildman–Crippen LogP) is 6.44. The number of halogens is 1. The number of amides is 1. The van der Waals surface area contributed by atoms with Crippen molar-refractivity contribution in [2.75, 3.05) is 0 Å². The lowest BCUT2D eigenvalue weighted by atomic mass is 9.94. The topological polar surface area (TPSA) is 83.6 Å². The van der Waals surface area contributed by atoms with Crippen LogP contribution in [0.1, 0.15) is 27.5 Å². The molecule has 1 atom stereocenters. The molecule has 0 radical (unpaired) electrons. The summed E-state index contributed by atoms with van der Waals surface area (Å²) in [5.74, 6) is -0.216. The van der Waals surface area contributed by atoms with Gasteiger partial charge in [0.2, 0.25) is 0 Å². The molecule has 36 heavy (non-hydrogen) atoms. The van der Waals surface area contributed by atoms with E-state index >= 15 is 0 Å². The fourth-order valence-corrected chi connectivity index (χ4v) is 5.63. The Hall–Kier alpha value is -4.36. The number of hydrogen-bond donors (Lipinski definition) is 2. The first-order valence-electron chi connectivity index (χ1n) is 11.5. The van der Waals surface area contributed by atoms with E-state index in [1.807, 2.05) is 42.6 Å². The van der Waals surface area contributed by atoms with E-state index in [9.17, 15) is 4.79 Å². The molecule has 1 aliphatic rings. The summed E-state index contributed by atoms with van der Waals surface area (Å²) in [6.45, 7) is 0. The van der Waals surface area contributed by atoms with Gasteiger partial charge in [0, 0.05) is 23.3 Å². The van der Waals surface area contributed by atoms with Gasteiger partial charge in [0.25, 0.3) is 5.91 Å². The number of rotatable bonds is 3. The van der Waals surface area contributed by atoms with Gasteiger partial charge in [0.05, 0.1) is 27.9 Å². The number of imidazole rings is 1. The quantitative estimate of drug-likeness (QED) is 0.275. The van der Waals surface area contributed by atoms with Gasteiger partial charge in [0.1, 0.15) is 5.52 Å². The van der Waals surface area contributed by atoms with Crippen LogP contribution >= 0.6 is 15.9 Å². The van der Waals surface area contributed by atoms with Crippen LogP contribution in [0.2, 0.25) is 0 Å². The number of pyridine rings is 2. The van der Waals surface area contributed by atoms with Gasteiger partial charge < -0.3 is 10.3 Å². The highest BCUT2D eigenvalue weighted by molar-refractivity contribution is 9.10. The third kappa shape index (κ3) is 3.17. The molecule has 0 saturated heterocycles. The predicted molar refractivity (Wildman–Crippen MR) is 144 cm³/mol. The van der Waals surface area contributed by atoms with Gasteiger partial charge in [-0.25, -0.2) is 9.97 Å². The minimum Gasteiger partial charge on any atom is -0.341 e. The number of nitrogens with zero attached hydrogens (tertiary/aromatic N) is 3. The van der Waals surface area contributed by atoms with Crippen LogP contribution in [0.5, 0.6) is 0 Å². The molecular weight excluding hydrogens is 514 g/mol. The van der Waals surface area contributed by atoms with E-state index in [1.165, 1.54) is 0 Å². The maximum Gasteiger partial charge on any atom is 0.255 e. The number of benzene rings is 3. The Bertz CT molecular complexity index is 1830. The van der Waals surface area contributed by atoms with E-state index in [0.717, 1.165) is 44.3 Å². The maximum absolute atomic E-state index is 13.6. The average molecular weight is 532 g/mol. The lowest BCUT2D eigenvalue weighted by Crippen LogP contribution is -2.28. The monoisotopic (exact) mass is 531 g/mol. The summed E-state index contributed by atoms with van der Waals surface area (Å²) >= 11 is 3.49. The number of carbonyl (C=O) groups excluding carboxylic acids is 1. The van der Waals surface area contributed by atoms with Crippen molar-refractivity contribution in [1.29, 1.82) is 0 Å². The van der Waals surface area contributed by atoms with E-state index in [0.29, 0.717) is 21.2 Å². The fraction of sp³-hybridized carbons (Fsp3) is 0.0345. The third-order valence-electron chi connectivity index (χ3n) is 6.75. The number of aromatic nitrogens is 4. The number of carbonyl (C=O) groups is 1. The van der Waals surface area contributed by atoms with Gasteiger partial charge in [-0.2, -0.15) is 0 Å². The normalized spacial score (nSPS) is 14.1. The molecule has 1 unspecified atom stereocenters. The first-order valence-corrected chi connectivity index (χ1v) is 12.3. The Morgan fingerprint density at radius 3 is 2.61 bits per heavy atom. The number of aromatic amines is 1. The average Bonchev–Trinajstić information content (AvgIpc) is 3.51. The van der Waals surface area contributed by atoms with Crippen LogP contribution in [0.15, 0.2) is 96.0 Å². The molecule has 0 aliphatic heterocycles. The van der Waals surface area contributed by atoms with Crippen molar-refractivity contribution in [2.45, 2.75) is 6.04 Å². The zero-order valence-electron chi connectivity index (χ0n) is 18.9. The summed E-state index contributed by atoms with van der Waals surface area (Å²) in [5.41, 5.74) is 9.01. The lowest BCUT2D eigenvalue weighted by molar-refractivity contribution is 0.0944. The van der Waals surface area contributed by atoms with E-state index in [1.54, 1.807) is 12.5 Å². The summed E-state index contributed by atoms with van der Waals surface area (Å²) in [5, 5.41) is 4.36. The highest BCUT2D eigenvalue weighted by atomic mass is 79.9. The van der Waals surface area contributed by atoms with Crippen LogP contribution in [0, 0.1) is 0 Å². The summed E-state index contributed by atoms with van der Waals surface area (Å²) in [6.07, 6.45) is 5.09. The van der Waals surface area contributed by atoms with E-state index in [-0.39, 0.29) is 11.9 Å². The van der Waals surface area contributed by atoms with Gasteiger partial charge >= 0.3 is 0 Å². The largest absolute Gasteiger partial charge is 0.341 e. The van der Waals surface area contributed by atoms with E-state index < -0.39 is 0 Å². The van der Waals surface area contributed by atoms with Gasteiger partial charge in [-0.05, 0) is 55.9 Å². The summed E-state index contributed by atoms with van der Waals surface area (Å²) in [6, 6.07) is 24.5. The highest BCUT2D eigenvalue weighted by Gasteiger charge is 2.32. The Labute approximate surface area is 214 Å². The molecule has 2 N–H and O–H groups in total. The van der Waals surface area contributed by atoms with Crippen molar-refractivity contribution in [3.63, 3.8) is 0 Å².